The van der Waals surface area contributed by atoms with E-state index in [9.17, 15) is 9.59 Å². The van der Waals surface area contributed by atoms with Gasteiger partial charge in [-0.1, -0.05) is 36.4 Å². The van der Waals surface area contributed by atoms with Crippen molar-refractivity contribution in [3.05, 3.63) is 66.2 Å². The second-order valence-electron chi connectivity index (χ2n) is 7.26. The number of rotatable bonds is 7. The van der Waals surface area contributed by atoms with Crippen LogP contribution in [-0.2, 0) is 14.3 Å². The number of ether oxygens (including phenoxy) is 2. The third-order valence-electron chi connectivity index (χ3n) is 4.61. The molecule has 1 aliphatic carbocycles. The van der Waals surface area contributed by atoms with E-state index >= 15 is 0 Å². The number of allylic oxidation sites excluding steroid dienone is 3. The van der Waals surface area contributed by atoms with Gasteiger partial charge in [-0.25, -0.2) is 9.78 Å². The zero-order valence-corrected chi connectivity index (χ0v) is 17.8. The largest absolute Gasteiger partial charge is 0.528 e. The van der Waals surface area contributed by atoms with Gasteiger partial charge in [0, 0.05) is 0 Å². The van der Waals surface area contributed by atoms with Gasteiger partial charge in [-0.05, 0) is 37.5 Å². The van der Waals surface area contributed by atoms with E-state index in [2.05, 4.69) is 20.3 Å². The molecular weight excluding hydrogens is 398 g/mol. The summed E-state index contributed by atoms with van der Waals surface area (Å²) in [7, 11) is 3.24. The van der Waals surface area contributed by atoms with Crippen LogP contribution in [0, 0.1) is 0 Å². The van der Waals surface area contributed by atoms with E-state index in [1.165, 1.54) is 6.33 Å². The van der Waals surface area contributed by atoms with Gasteiger partial charge in [-0.15, -0.1) is 4.98 Å². The van der Waals surface area contributed by atoms with Crippen molar-refractivity contribution in [2.75, 3.05) is 26.0 Å². The average molecular weight is 424 g/mol. The molecule has 9 nitrogen and oxygen atoms in total. The van der Waals surface area contributed by atoms with E-state index in [0.29, 0.717) is 11.3 Å². The highest BCUT2D eigenvalue weighted by molar-refractivity contribution is 5.81. The summed E-state index contributed by atoms with van der Waals surface area (Å²) in [6, 6.07) is 8.31. The van der Waals surface area contributed by atoms with Crippen LogP contribution >= 0.6 is 0 Å². The van der Waals surface area contributed by atoms with Crippen LogP contribution in [0.4, 0.5) is 16.7 Å². The molecule has 1 N–H and O–H groups in total. The summed E-state index contributed by atoms with van der Waals surface area (Å²) in [6.45, 7) is 1.98. The molecule has 162 valence electrons. The lowest BCUT2D eigenvalue weighted by Crippen LogP contribution is -2.48. The molecule has 0 saturated carbocycles. The fraction of sp³-hybridized carbons (Fsp3) is 0.318. The second kappa shape index (κ2) is 9.94. The Hall–Kier alpha value is -3.59. The van der Waals surface area contributed by atoms with Gasteiger partial charge in [0.25, 0.3) is 0 Å². The van der Waals surface area contributed by atoms with E-state index in [4.69, 9.17) is 9.47 Å². The average Bonchev–Trinajstić information content (AvgIpc) is 2.79. The number of hydrogen-bond donors (Lipinski definition) is 1. The minimum atomic E-state index is -0.809. The van der Waals surface area contributed by atoms with Crippen molar-refractivity contribution in [1.82, 2.24) is 19.4 Å². The molecule has 9 heteroatoms. The summed E-state index contributed by atoms with van der Waals surface area (Å²) in [5, 5.41) is 2.99. The molecule has 1 aromatic heterocycles. The highest BCUT2D eigenvalue weighted by Crippen LogP contribution is 2.22. The van der Waals surface area contributed by atoms with Crippen LogP contribution in [-0.4, -0.2) is 47.7 Å². The Balaban J connectivity index is 1.82. The number of anilines is 1. The number of hydrogen-bond acceptors (Lipinski definition) is 8. The SMILES string of the molecule is CCOC(=O)C(Nc1ncnc([N+](C)(C)C(=O)OC2=CCCC=C2)n1)c1ccccc1. The molecule has 1 heterocycles. The van der Waals surface area contributed by atoms with Gasteiger partial charge >= 0.3 is 18.0 Å². The summed E-state index contributed by atoms with van der Waals surface area (Å²) in [4.78, 5) is 37.9. The van der Waals surface area contributed by atoms with Crippen LogP contribution in [0.2, 0.25) is 0 Å². The molecule has 0 aliphatic heterocycles. The third kappa shape index (κ3) is 5.52. The van der Waals surface area contributed by atoms with Gasteiger partial charge in [-0.3, -0.25) is 0 Å². The Morgan fingerprint density at radius 1 is 1.16 bits per heavy atom. The van der Waals surface area contributed by atoms with Crippen LogP contribution in [0.1, 0.15) is 31.4 Å². The van der Waals surface area contributed by atoms with E-state index in [-0.39, 0.29) is 23.0 Å². The first-order valence-corrected chi connectivity index (χ1v) is 10.0. The second-order valence-corrected chi connectivity index (χ2v) is 7.26. The molecule has 0 radical (unpaired) electrons. The van der Waals surface area contributed by atoms with E-state index < -0.39 is 18.1 Å². The minimum absolute atomic E-state index is 0.141. The van der Waals surface area contributed by atoms with Crippen molar-refractivity contribution >= 4 is 24.0 Å². The maximum absolute atomic E-state index is 12.8. The minimum Gasteiger partial charge on any atom is -0.464 e. The van der Waals surface area contributed by atoms with Crippen molar-refractivity contribution in [1.29, 1.82) is 0 Å². The first kappa shape index (κ1) is 22.1. The van der Waals surface area contributed by atoms with Crippen LogP contribution in [0.5, 0.6) is 0 Å². The Labute approximate surface area is 181 Å². The zero-order chi connectivity index (χ0) is 22.3. The van der Waals surface area contributed by atoms with Gasteiger partial charge in [-0.2, -0.15) is 14.3 Å². The van der Waals surface area contributed by atoms with E-state index in [0.717, 1.165) is 12.8 Å². The van der Waals surface area contributed by atoms with Gasteiger partial charge in [0.05, 0.1) is 20.7 Å². The predicted octanol–water partition coefficient (Wildman–Crippen LogP) is 3.53. The standard InChI is InChI=1S/C22H26N5O4/c1-4-30-19(28)18(16-11-7-5-8-12-16)25-20-23-15-24-21(26-20)27(2,3)22(29)31-17-13-9-6-10-14-17/h5,7-9,11-15,18H,4,6,10H2,1-3H3,(H,23,24,25,26)/q+1. The highest BCUT2D eigenvalue weighted by Gasteiger charge is 2.36. The number of carbonyl (C=O) groups excluding carboxylic acids is 2. The number of esters is 1. The number of nitrogens with one attached hydrogen (secondary N) is 1. The molecular formula is C22H26N5O4+. The Kier molecular flexibility index (Phi) is 7.09. The fourth-order valence-corrected chi connectivity index (χ4v) is 2.87. The number of aromatic nitrogens is 3. The Bertz CT molecular complexity index is 988. The monoisotopic (exact) mass is 424 g/mol. The van der Waals surface area contributed by atoms with Crippen molar-refractivity contribution < 1.29 is 19.1 Å². The van der Waals surface area contributed by atoms with Gasteiger partial charge < -0.3 is 14.8 Å². The third-order valence-corrected chi connectivity index (χ3v) is 4.61. The molecule has 1 atom stereocenters. The molecule has 0 spiro atoms. The molecule has 1 amide bonds. The van der Waals surface area contributed by atoms with Crippen molar-refractivity contribution in [3.8, 4) is 0 Å². The van der Waals surface area contributed by atoms with Crippen LogP contribution in [0.3, 0.4) is 0 Å². The first-order chi connectivity index (χ1) is 14.9. The maximum Gasteiger partial charge on any atom is 0.528 e. The lowest BCUT2D eigenvalue weighted by atomic mass is 10.1. The zero-order valence-electron chi connectivity index (χ0n) is 17.8. The maximum atomic E-state index is 12.8. The van der Waals surface area contributed by atoms with Crippen LogP contribution in [0.15, 0.2) is 60.6 Å². The Morgan fingerprint density at radius 3 is 2.61 bits per heavy atom. The van der Waals surface area contributed by atoms with Crippen molar-refractivity contribution in [2.24, 2.45) is 0 Å². The topological polar surface area (TPSA) is 103 Å². The smallest absolute Gasteiger partial charge is 0.464 e. The van der Waals surface area contributed by atoms with Crippen LogP contribution < -0.4 is 9.80 Å². The highest BCUT2D eigenvalue weighted by atomic mass is 16.6. The molecule has 2 aromatic rings. The number of nitrogens with zero attached hydrogens (tertiary/aromatic N) is 4. The summed E-state index contributed by atoms with van der Waals surface area (Å²) in [6.07, 6.45) is 8.07. The summed E-state index contributed by atoms with van der Waals surface area (Å²) in [5.74, 6) is 0.349. The van der Waals surface area contributed by atoms with Crippen LogP contribution in [0.25, 0.3) is 0 Å². The molecule has 0 fully saturated rings. The van der Waals surface area contributed by atoms with Gasteiger partial charge in [0.15, 0.2) is 6.04 Å². The number of amides is 1. The van der Waals surface area contributed by atoms with Gasteiger partial charge in [0.1, 0.15) is 12.1 Å². The summed E-state index contributed by atoms with van der Waals surface area (Å²) >= 11 is 0. The first-order valence-electron chi connectivity index (χ1n) is 10.0. The van der Waals surface area contributed by atoms with E-state index in [1.54, 1.807) is 39.2 Å². The lowest BCUT2D eigenvalue weighted by molar-refractivity contribution is -0.144. The number of quaternary nitrogens is 1. The Morgan fingerprint density at radius 2 is 1.94 bits per heavy atom. The quantitative estimate of drug-likeness (QED) is 0.532. The number of carbonyl (C=O) groups is 2. The fourth-order valence-electron chi connectivity index (χ4n) is 2.87. The molecule has 1 unspecified atom stereocenters. The molecule has 0 saturated heterocycles. The summed E-state index contributed by atoms with van der Waals surface area (Å²) in [5.41, 5.74) is 0.701. The molecule has 0 bridgehead atoms. The lowest BCUT2D eigenvalue weighted by Gasteiger charge is -2.23. The molecule has 1 aliphatic rings. The van der Waals surface area contributed by atoms with Crippen molar-refractivity contribution in [3.63, 3.8) is 0 Å². The summed E-state index contributed by atoms with van der Waals surface area (Å²) < 4.78 is 10.3. The van der Waals surface area contributed by atoms with Crippen molar-refractivity contribution in [2.45, 2.75) is 25.8 Å². The number of benzene rings is 1. The molecule has 1 aromatic carbocycles. The van der Waals surface area contributed by atoms with E-state index in [1.807, 2.05) is 30.4 Å². The predicted molar refractivity (Wildman–Crippen MR) is 116 cm³/mol. The van der Waals surface area contributed by atoms with Gasteiger partial charge in [0.2, 0.25) is 5.95 Å². The molecule has 31 heavy (non-hydrogen) atoms. The molecule has 3 rings (SSSR count). The normalized spacial score (nSPS) is 14.4.